The maximum Gasteiger partial charge on any atom is 0.250 e. The second-order valence-electron chi connectivity index (χ2n) is 6.16. The molecule has 0 unspecified atom stereocenters. The van der Waals surface area contributed by atoms with Gasteiger partial charge in [0.2, 0.25) is 11.8 Å². The van der Waals surface area contributed by atoms with Crippen molar-refractivity contribution >= 4 is 29.3 Å². The molecular formula is C17H20N4O2S. The lowest BCUT2D eigenvalue weighted by molar-refractivity contribution is -0.137. The number of nitrogens with one attached hydrogen (secondary N) is 1. The fraction of sp³-hybridized carbons (Fsp3) is 0.353. The molecule has 7 heteroatoms. The number of hydrogen-bond donors (Lipinski definition) is 1. The molecule has 0 saturated carbocycles. The third-order valence-electron chi connectivity index (χ3n) is 4.16. The van der Waals surface area contributed by atoms with Crippen molar-refractivity contribution in [2.45, 2.75) is 30.0 Å². The summed E-state index contributed by atoms with van der Waals surface area (Å²) < 4.78 is 0.544. The Labute approximate surface area is 145 Å². The largest absolute Gasteiger partial charge is 0.340 e. The molecular weight excluding hydrogens is 324 g/mol. The standard InChI is InChI=1S/C17H20N4O2S/c1-11-12(10-21(4)19-11)9-20(3)16(23)17(2)15(22)18-13-7-5-6-8-14(13)24-17/h5-8,10H,9H2,1-4H3,(H,18,22)/t17-/m1/s1. The van der Waals surface area contributed by atoms with Crippen molar-refractivity contribution in [2.75, 3.05) is 12.4 Å². The van der Waals surface area contributed by atoms with Gasteiger partial charge in [0.1, 0.15) is 0 Å². The van der Waals surface area contributed by atoms with E-state index in [2.05, 4.69) is 10.4 Å². The summed E-state index contributed by atoms with van der Waals surface area (Å²) in [6.45, 7) is 4.01. The smallest absolute Gasteiger partial charge is 0.250 e. The van der Waals surface area contributed by atoms with Crippen molar-refractivity contribution in [1.29, 1.82) is 0 Å². The average molecular weight is 344 g/mol. The molecule has 1 aromatic heterocycles. The number of carbonyl (C=O) groups is 2. The lowest BCUT2D eigenvalue weighted by Gasteiger charge is -2.34. The van der Waals surface area contributed by atoms with E-state index in [1.54, 1.807) is 23.6 Å². The van der Waals surface area contributed by atoms with Crippen LogP contribution in [-0.4, -0.2) is 38.3 Å². The molecule has 2 heterocycles. The van der Waals surface area contributed by atoms with E-state index in [1.807, 2.05) is 44.4 Å². The normalized spacial score (nSPS) is 19.6. The zero-order valence-corrected chi connectivity index (χ0v) is 15.0. The zero-order valence-electron chi connectivity index (χ0n) is 14.2. The van der Waals surface area contributed by atoms with Gasteiger partial charge in [0.25, 0.3) is 0 Å². The number of fused-ring (bicyclic) bond motifs is 1. The van der Waals surface area contributed by atoms with Crippen LogP contribution in [0, 0.1) is 6.92 Å². The van der Waals surface area contributed by atoms with Crippen molar-refractivity contribution in [1.82, 2.24) is 14.7 Å². The van der Waals surface area contributed by atoms with Crippen molar-refractivity contribution in [3.8, 4) is 0 Å². The van der Waals surface area contributed by atoms with Crippen molar-refractivity contribution in [2.24, 2.45) is 7.05 Å². The van der Waals surface area contributed by atoms with Gasteiger partial charge in [0.15, 0.2) is 4.75 Å². The molecule has 0 saturated heterocycles. The van der Waals surface area contributed by atoms with Crippen LogP contribution in [0.3, 0.4) is 0 Å². The fourth-order valence-electron chi connectivity index (χ4n) is 2.80. The van der Waals surface area contributed by atoms with Crippen LogP contribution < -0.4 is 5.32 Å². The summed E-state index contributed by atoms with van der Waals surface area (Å²) in [5.41, 5.74) is 2.61. The second kappa shape index (κ2) is 5.98. The van der Waals surface area contributed by atoms with Gasteiger partial charge in [-0.25, -0.2) is 0 Å². The van der Waals surface area contributed by atoms with Crippen LogP contribution in [0.15, 0.2) is 35.4 Å². The monoisotopic (exact) mass is 344 g/mol. The Morgan fingerprint density at radius 3 is 2.79 bits per heavy atom. The lowest BCUT2D eigenvalue weighted by atomic mass is 10.1. The Morgan fingerprint density at radius 2 is 2.12 bits per heavy atom. The van der Waals surface area contributed by atoms with E-state index in [1.165, 1.54) is 11.8 Å². The Bertz CT molecular complexity index is 817. The van der Waals surface area contributed by atoms with Crippen LogP contribution in [0.2, 0.25) is 0 Å². The Morgan fingerprint density at radius 1 is 1.42 bits per heavy atom. The zero-order chi connectivity index (χ0) is 17.5. The number of benzene rings is 1. The first kappa shape index (κ1) is 16.6. The van der Waals surface area contributed by atoms with Crippen molar-refractivity contribution in [3.63, 3.8) is 0 Å². The number of rotatable bonds is 3. The third kappa shape index (κ3) is 2.80. The molecule has 0 radical (unpaired) electrons. The molecule has 6 nitrogen and oxygen atoms in total. The van der Waals surface area contributed by atoms with E-state index in [9.17, 15) is 9.59 Å². The van der Waals surface area contributed by atoms with Crippen molar-refractivity contribution in [3.05, 3.63) is 41.7 Å². The van der Waals surface area contributed by atoms with Gasteiger partial charge in [-0.1, -0.05) is 23.9 Å². The van der Waals surface area contributed by atoms with Crippen LogP contribution in [0.25, 0.3) is 0 Å². The minimum atomic E-state index is -1.18. The summed E-state index contributed by atoms with van der Waals surface area (Å²) in [5, 5.41) is 7.13. The first-order chi connectivity index (χ1) is 11.3. The maximum atomic E-state index is 13.0. The van der Waals surface area contributed by atoms with E-state index in [-0.39, 0.29) is 11.8 Å². The first-order valence-electron chi connectivity index (χ1n) is 7.65. The molecule has 24 heavy (non-hydrogen) atoms. The number of hydrogen-bond acceptors (Lipinski definition) is 4. The molecule has 1 atom stereocenters. The highest BCUT2D eigenvalue weighted by Crippen LogP contribution is 2.43. The van der Waals surface area contributed by atoms with Gasteiger partial charge in [0.05, 0.1) is 11.4 Å². The van der Waals surface area contributed by atoms with Crippen molar-refractivity contribution < 1.29 is 9.59 Å². The van der Waals surface area contributed by atoms with Gasteiger partial charge in [-0.05, 0) is 26.0 Å². The van der Waals surface area contributed by atoms with E-state index >= 15 is 0 Å². The highest BCUT2D eigenvalue weighted by Gasteiger charge is 2.47. The van der Waals surface area contributed by atoms with Crippen LogP contribution in [-0.2, 0) is 23.2 Å². The molecule has 2 amide bonds. The van der Waals surface area contributed by atoms with E-state index in [0.29, 0.717) is 6.54 Å². The van der Waals surface area contributed by atoms with Gasteiger partial charge in [-0.2, -0.15) is 5.10 Å². The number of thioether (sulfide) groups is 1. The van der Waals surface area contributed by atoms with E-state index in [0.717, 1.165) is 21.8 Å². The Balaban J connectivity index is 1.83. The molecule has 0 bridgehead atoms. The SMILES string of the molecule is Cc1nn(C)cc1CN(C)C(=O)[C@]1(C)Sc2ccccc2NC1=O. The average Bonchev–Trinajstić information content (AvgIpc) is 2.85. The number of nitrogens with zero attached hydrogens (tertiary/aromatic N) is 3. The Kier molecular flexibility index (Phi) is 4.13. The van der Waals surface area contributed by atoms with Crippen LogP contribution >= 0.6 is 11.8 Å². The van der Waals surface area contributed by atoms with Gasteiger partial charge < -0.3 is 10.2 Å². The summed E-state index contributed by atoms with van der Waals surface area (Å²) >= 11 is 1.30. The predicted octanol–water partition coefficient (Wildman–Crippen LogP) is 2.19. The molecule has 1 aliphatic rings. The van der Waals surface area contributed by atoms with Crippen LogP contribution in [0.5, 0.6) is 0 Å². The molecule has 3 rings (SSSR count). The number of anilines is 1. The molecule has 1 N–H and O–H groups in total. The number of amides is 2. The highest BCUT2D eigenvalue weighted by molar-refractivity contribution is 8.02. The van der Waals surface area contributed by atoms with Gasteiger partial charge >= 0.3 is 0 Å². The summed E-state index contributed by atoms with van der Waals surface area (Å²) in [5.74, 6) is -0.506. The molecule has 0 spiro atoms. The summed E-state index contributed by atoms with van der Waals surface area (Å²) in [7, 11) is 3.56. The molecule has 1 aliphatic heterocycles. The quantitative estimate of drug-likeness (QED) is 0.867. The molecule has 1 aromatic carbocycles. The minimum Gasteiger partial charge on any atom is -0.340 e. The van der Waals surface area contributed by atoms with Gasteiger partial charge in [-0.15, -0.1) is 0 Å². The number of carbonyl (C=O) groups excluding carboxylic acids is 2. The predicted molar refractivity (Wildman–Crippen MR) is 93.8 cm³/mol. The second-order valence-corrected chi connectivity index (χ2v) is 7.62. The molecule has 126 valence electrons. The lowest BCUT2D eigenvalue weighted by Crippen LogP contribution is -2.52. The number of para-hydroxylation sites is 1. The third-order valence-corrected chi connectivity index (χ3v) is 5.50. The van der Waals surface area contributed by atoms with Crippen LogP contribution in [0.4, 0.5) is 5.69 Å². The summed E-state index contributed by atoms with van der Waals surface area (Å²) in [6, 6.07) is 7.52. The minimum absolute atomic E-state index is 0.220. The topological polar surface area (TPSA) is 67.2 Å². The molecule has 0 fully saturated rings. The summed E-state index contributed by atoms with van der Waals surface area (Å²) in [6.07, 6.45) is 1.89. The number of aromatic nitrogens is 2. The highest BCUT2D eigenvalue weighted by atomic mass is 32.2. The summed E-state index contributed by atoms with van der Waals surface area (Å²) in [4.78, 5) is 28.0. The Hall–Kier alpha value is -2.28. The van der Waals surface area contributed by atoms with Gasteiger partial charge in [0, 0.05) is 37.3 Å². The maximum absolute atomic E-state index is 13.0. The first-order valence-corrected chi connectivity index (χ1v) is 8.47. The number of aryl methyl sites for hydroxylation is 2. The van der Waals surface area contributed by atoms with Gasteiger partial charge in [-0.3, -0.25) is 14.3 Å². The molecule has 2 aromatic rings. The molecule has 0 aliphatic carbocycles. The fourth-order valence-corrected chi connectivity index (χ4v) is 4.01. The van der Waals surface area contributed by atoms with E-state index in [4.69, 9.17) is 0 Å². The van der Waals surface area contributed by atoms with E-state index < -0.39 is 4.75 Å². The van der Waals surface area contributed by atoms with Crippen LogP contribution in [0.1, 0.15) is 18.2 Å².